The van der Waals surface area contributed by atoms with Crippen molar-refractivity contribution in [2.75, 3.05) is 19.3 Å². The lowest BCUT2D eigenvalue weighted by Crippen LogP contribution is -2.34. The van der Waals surface area contributed by atoms with Gasteiger partial charge in [-0.3, -0.25) is 4.90 Å². The van der Waals surface area contributed by atoms with Crippen molar-refractivity contribution in [3.05, 3.63) is 21.9 Å². The Morgan fingerprint density at radius 3 is 2.68 bits per heavy atom. The van der Waals surface area contributed by atoms with Crippen LogP contribution in [0, 0.1) is 5.92 Å². The fourth-order valence-corrected chi connectivity index (χ4v) is 5.09. The highest BCUT2D eigenvalue weighted by atomic mass is 32.2. The summed E-state index contributed by atoms with van der Waals surface area (Å²) < 4.78 is 25.5. The van der Waals surface area contributed by atoms with Crippen molar-refractivity contribution in [2.24, 2.45) is 5.92 Å². The van der Waals surface area contributed by atoms with Crippen LogP contribution in [0.3, 0.4) is 0 Å². The third kappa shape index (κ3) is 6.36. The van der Waals surface area contributed by atoms with Crippen LogP contribution in [0.5, 0.6) is 0 Å². The van der Waals surface area contributed by atoms with Crippen molar-refractivity contribution < 1.29 is 8.42 Å². The van der Waals surface area contributed by atoms with Gasteiger partial charge in [0.1, 0.15) is 0 Å². The van der Waals surface area contributed by atoms with E-state index in [1.165, 1.54) is 16.0 Å². The lowest BCUT2D eigenvalue weighted by molar-refractivity contribution is 0.277. The smallest absolute Gasteiger partial charge is 0.208 e. The van der Waals surface area contributed by atoms with Gasteiger partial charge in [-0.15, -0.1) is 11.3 Å². The van der Waals surface area contributed by atoms with Crippen molar-refractivity contribution in [2.45, 2.75) is 52.1 Å². The summed E-state index contributed by atoms with van der Waals surface area (Å²) in [5.74, 6) is 0.701. The number of sulfonamides is 1. The van der Waals surface area contributed by atoms with E-state index in [2.05, 4.69) is 35.6 Å². The fraction of sp³-hybridized carbons (Fsp3) is 0.750. The van der Waals surface area contributed by atoms with Crippen LogP contribution in [0.25, 0.3) is 0 Å². The van der Waals surface area contributed by atoms with E-state index in [0.29, 0.717) is 5.92 Å². The standard InChI is InChI=1S/C16H28N2O2S2/c1-13(2)11-15-6-7-16(21-15)12-18-9-4-5-14(8-10-18)17-22(3,19)20/h6-7,13-14,17H,4-5,8-12H2,1-3H3. The van der Waals surface area contributed by atoms with Gasteiger partial charge in [0.25, 0.3) is 0 Å². The monoisotopic (exact) mass is 344 g/mol. The van der Waals surface area contributed by atoms with Crippen LogP contribution in [0.1, 0.15) is 42.9 Å². The number of thiophene rings is 1. The number of hydrogen-bond donors (Lipinski definition) is 1. The van der Waals surface area contributed by atoms with E-state index in [-0.39, 0.29) is 6.04 Å². The second-order valence-electron chi connectivity index (χ2n) is 6.76. The molecule has 1 aromatic rings. The van der Waals surface area contributed by atoms with Crippen LogP contribution < -0.4 is 4.72 Å². The van der Waals surface area contributed by atoms with Crippen molar-refractivity contribution >= 4 is 21.4 Å². The van der Waals surface area contributed by atoms with Crippen molar-refractivity contribution in [3.8, 4) is 0 Å². The van der Waals surface area contributed by atoms with Gasteiger partial charge < -0.3 is 0 Å². The molecule has 22 heavy (non-hydrogen) atoms. The molecule has 2 rings (SSSR count). The molecule has 1 aromatic heterocycles. The van der Waals surface area contributed by atoms with Crippen LogP contribution in [-0.2, 0) is 23.0 Å². The van der Waals surface area contributed by atoms with Gasteiger partial charge in [0.15, 0.2) is 0 Å². The first-order valence-corrected chi connectivity index (χ1v) is 10.8. The summed E-state index contributed by atoms with van der Waals surface area (Å²) in [7, 11) is -3.09. The highest BCUT2D eigenvalue weighted by Crippen LogP contribution is 2.22. The third-order valence-electron chi connectivity index (χ3n) is 3.91. The van der Waals surface area contributed by atoms with Gasteiger partial charge in [-0.05, 0) is 50.3 Å². The molecule has 0 spiro atoms. The fourth-order valence-electron chi connectivity index (χ4n) is 2.97. The van der Waals surface area contributed by atoms with Gasteiger partial charge in [-0.2, -0.15) is 0 Å². The zero-order chi connectivity index (χ0) is 16.2. The minimum Gasteiger partial charge on any atom is -0.298 e. The molecule has 0 aliphatic carbocycles. The Kier molecular flexibility index (Phi) is 6.44. The Labute approximate surface area is 139 Å². The average molecular weight is 345 g/mol. The van der Waals surface area contributed by atoms with Crippen molar-refractivity contribution in [1.82, 2.24) is 9.62 Å². The minimum absolute atomic E-state index is 0.0971. The highest BCUT2D eigenvalue weighted by Gasteiger charge is 2.20. The molecule has 0 bridgehead atoms. The van der Waals surface area contributed by atoms with E-state index in [1.807, 2.05) is 11.3 Å². The Morgan fingerprint density at radius 2 is 2.00 bits per heavy atom. The molecule has 0 radical (unpaired) electrons. The minimum atomic E-state index is -3.09. The molecule has 0 saturated carbocycles. The maximum Gasteiger partial charge on any atom is 0.208 e. The number of nitrogens with zero attached hydrogens (tertiary/aromatic N) is 1. The highest BCUT2D eigenvalue weighted by molar-refractivity contribution is 7.88. The Bertz CT molecular complexity index is 566. The molecular weight excluding hydrogens is 316 g/mol. The molecule has 1 saturated heterocycles. The van der Waals surface area contributed by atoms with Crippen LogP contribution in [0.15, 0.2) is 12.1 Å². The Hall–Kier alpha value is -0.430. The predicted molar refractivity (Wildman–Crippen MR) is 93.8 cm³/mol. The molecule has 4 nitrogen and oxygen atoms in total. The molecule has 1 aliphatic rings. The first-order valence-electron chi connectivity index (χ1n) is 8.09. The van der Waals surface area contributed by atoms with Crippen LogP contribution in [-0.4, -0.2) is 38.7 Å². The summed E-state index contributed by atoms with van der Waals surface area (Å²) in [5.41, 5.74) is 0. The Balaban J connectivity index is 1.85. The molecule has 0 aromatic carbocycles. The Morgan fingerprint density at radius 1 is 1.27 bits per heavy atom. The van der Waals surface area contributed by atoms with E-state index in [0.717, 1.165) is 45.3 Å². The van der Waals surface area contributed by atoms with Gasteiger partial charge in [0.05, 0.1) is 6.26 Å². The maximum absolute atomic E-state index is 11.4. The molecule has 6 heteroatoms. The van der Waals surface area contributed by atoms with E-state index in [9.17, 15) is 8.42 Å². The molecular formula is C16H28N2O2S2. The lowest BCUT2D eigenvalue weighted by Gasteiger charge is -2.19. The number of rotatable bonds is 6. The first kappa shape index (κ1) is 17.9. The first-order chi connectivity index (χ1) is 10.3. The van der Waals surface area contributed by atoms with Gasteiger partial charge in [0.2, 0.25) is 10.0 Å². The van der Waals surface area contributed by atoms with Crippen molar-refractivity contribution in [1.29, 1.82) is 0 Å². The van der Waals surface area contributed by atoms with Gasteiger partial charge in [0, 0.05) is 28.9 Å². The summed E-state index contributed by atoms with van der Waals surface area (Å²) in [5, 5.41) is 0. The molecule has 1 atom stereocenters. The third-order valence-corrected chi connectivity index (χ3v) is 5.76. The normalized spacial score (nSPS) is 21.2. The van der Waals surface area contributed by atoms with Gasteiger partial charge in [-0.1, -0.05) is 13.8 Å². The summed E-state index contributed by atoms with van der Waals surface area (Å²) in [6.45, 7) is 7.52. The second-order valence-corrected chi connectivity index (χ2v) is 9.79. The summed E-state index contributed by atoms with van der Waals surface area (Å²) in [4.78, 5) is 5.34. The van der Waals surface area contributed by atoms with Crippen LogP contribution >= 0.6 is 11.3 Å². The van der Waals surface area contributed by atoms with E-state index >= 15 is 0 Å². The van der Waals surface area contributed by atoms with E-state index < -0.39 is 10.0 Å². The maximum atomic E-state index is 11.4. The average Bonchev–Trinajstić information content (AvgIpc) is 2.68. The van der Waals surface area contributed by atoms with Crippen LogP contribution in [0.2, 0.25) is 0 Å². The second kappa shape index (κ2) is 7.90. The van der Waals surface area contributed by atoms with E-state index in [1.54, 1.807) is 0 Å². The van der Waals surface area contributed by atoms with Gasteiger partial charge in [-0.25, -0.2) is 13.1 Å². The van der Waals surface area contributed by atoms with E-state index in [4.69, 9.17) is 0 Å². The van der Waals surface area contributed by atoms with Gasteiger partial charge >= 0.3 is 0 Å². The zero-order valence-corrected chi connectivity index (χ0v) is 15.5. The molecule has 2 heterocycles. The van der Waals surface area contributed by atoms with Crippen LogP contribution in [0.4, 0.5) is 0 Å². The number of likely N-dealkylation sites (tertiary alicyclic amines) is 1. The topological polar surface area (TPSA) is 49.4 Å². The molecule has 126 valence electrons. The number of nitrogens with one attached hydrogen (secondary N) is 1. The lowest BCUT2D eigenvalue weighted by atomic mass is 10.1. The van der Waals surface area contributed by atoms with Crippen molar-refractivity contribution in [3.63, 3.8) is 0 Å². The summed E-state index contributed by atoms with van der Waals surface area (Å²) in [6, 6.07) is 4.60. The molecule has 1 aliphatic heterocycles. The largest absolute Gasteiger partial charge is 0.298 e. The SMILES string of the molecule is CC(C)Cc1ccc(CN2CCCC(NS(C)(=O)=O)CC2)s1. The quantitative estimate of drug-likeness (QED) is 0.863. The zero-order valence-electron chi connectivity index (χ0n) is 13.8. The molecule has 1 N–H and O–H groups in total. The summed E-state index contributed by atoms with van der Waals surface area (Å²) in [6.07, 6.45) is 5.30. The predicted octanol–water partition coefficient (Wildman–Crippen LogP) is 2.85. The molecule has 0 amide bonds. The molecule has 1 unspecified atom stereocenters. The number of hydrogen-bond acceptors (Lipinski definition) is 4. The molecule has 1 fully saturated rings. The summed E-state index contributed by atoms with van der Waals surface area (Å²) >= 11 is 1.92.